The van der Waals surface area contributed by atoms with Gasteiger partial charge in [0.15, 0.2) is 78.6 Å². The smallest absolute Gasteiger partial charge is 0.330 e. The minimum atomic E-state index is -0.245. The van der Waals surface area contributed by atoms with E-state index in [0.29, 0.717) is 180 Å². The van der Waals surface area contributed by atoms with Crippen molar-refractivity contribution in [1.82, 2.24) is 97.6 Å². The molecule has 0 saturated heterocycles. The molecule has 42 nitrogen and oxygen atoms in total. The van der Waals surface area contributed by atoms with Crippen LogP contribution in [0.3, 0.4) is 0 Å². The third-order valence-corrected chi connectivity index (χ3v) is 18.9. The van der Waals surface area contributed by atoms with E-state index in [1.54, 1.807) is 95.0 Å². The molecule has 10 heterocycles. The van der Waals surface area contributed by atoms with Gasteiger partial charge in [-0.1, -0.05) is 76.6 Å². The summed E-state index contributed by atoms with van der Waals surface area (Å²) < 4.78 is 66.1. The summed E-state index contributed by atoms with van der Waals surface area (Å²) >= 11 is 6.74. The molecular formula is C83H86Br2N30O12. The number of methoxy groups -OCH3 is 6. The van der Waals surface area contributed by atoms with Crippen LogP contribution in [0.5, 0.6) is 36.1 Å². The lowest BCUT2D eigenvalue weighted by molar-refractivity contribution is 0.141. The minimum absolute atomic E-state index is 0.0878. The molecule has 10 aromatic heterocycles. The number of hydrogen-bond donors (Lipinski definition) is 6. The van der Waals surface area contributed by atoms with E-state index in [-0.39, 0.29) is 72.2 Å². The van der Waals surface area contributed by atoms with E-state index in [1.807, 2.05) is 88.9 Å². The zero-order valence-electron chi connectivity index (χ0n) is 69.8. The fourth-order valence-electron chi connectivity index (χ4n) is 11.8. The van der Waals surface area contributed by atoms with E-state index in [4.69, 9.17) is 107 Å². The first kappa shape index (κ1) is 93.9. The van der Waals surface area contributed by atoms with Crippen LogP contribution in [-0.4, -0.2) is 206 Å². The Hall–Kier alpha value is -15.3. The van der Waals surface area contributed by atoms with Crippen LogP contribution in [-0.2, 0) is 61.7 Å². The maximum absolute atomic E-state index is 12.9. The van der Waals surface area contributed by atoms with Gasteiger partial charge < -0.3 is 90.3 Å². The van der Waals surface area contributed by atoms with E-state index in [1.165, 1.54) is 22.6 Å². The van der Waals surface area contributed by atoms with Crippen LogP contribution in [0.1, 0.15) is 62.6 Å². The van der Waals surface area contributed by atoms with Gasteiger partial charge >= 0.3 is 35.7 Å². The van der Waals surface area contributed by atoms with Gasteiger partial charge in [0.25, 0.3) is 6.01 Å². The van der Waals surface area contributed by atoms with Gasteiger partial charge in [-0.05, 0) is 111 Å². The number of fused-ring (bicyclic) bond motifs is 5. The molecule has 0 fully saturated rings. The molecule has 0 radical (unpaired) electrons. The Morgan fingerprint density at radius 2 is 0.764 bits per heavy atom. The topological polar surface area (TPSA) is 589 Å². The van der Waals surface area contributed by atoms with E-state index >= 15 is 0 Å². The summed E-state index contributed by atoms with van der Waals surface area (Å²) in [4.78, 5) is 74.7. The molecule has 0 saturated carbocycles. The predicted molar refractivity (Wildman–Crippen MR) is 473 cm³/mol. The van der Waals surface area contributed by atoms with Crippen LogP contribution in [0.25, 0.3) is 55.8 Å². The average molecular weight is 1860 g/mol. The number of rotatable bonds is 31. The molecule has 5 aromatic carbocycles. The van der Waals surface area contributed by atoms with Crippen molar-refractivity contribution in [3.05, 3.63) is 205 Å². The Bertz CT molecular complexity index is 6540. The number of imidazole rings is 5. The molecule has 0 aliphatic heterocycles. The molecule has 654 valence electrons. The lowest BCUT2D eigenvalue weighted by Crippen LogP contribution is -2.24. The Morgan fingerprint density at radius 3 is 1.20 bits per heavy atom. The lowest BCUT2D eigenvalue weighted by atomic mass is 10.1. The zero-order chi connectivity index (χ0) is 90.7. The van der Waals surface area contributed by atoms with Gasteiger partial charge in [-0.3, -0.25) is 18.3 Å². The van der Waals surface area contributed by atoms with Crippen molar-refractivity contribution in [2.75, 3.05) is 137 Å². The second-order valence-corrected chi connectivity index (χ2v) is 27.6. The van der Waals surface area contributed by atoms with Crippen LogP contribution in [0, 0.1) is 56.7 Å². The molecule has 0 spiro atoms. The summed E-state index contributed by atoms with van der Waals surface area (Å²) in [6, 6.07) is 48.3. The summed E-state index contributed by atoms with van der Waals surface area (Å²) in [7, 11) is 9.43. The first-order valence-corrected chi connectivity index (χ1v) is 40.2. The molecule has 15 aromatic rings. The highest BCUT2D eigenvalue weighted by molar-refractivity contribution is 9.10. The standard InChI is InChI=1S/C18H20N6O3.C17H18N6O3.C16H15BrN6O2.C16H16N6O2.C8H6BrN.C8H11N5O2/c1-3-23-14-15(20)21-17(27-8-7-26-2)22-16(14)24(18(23)25)11-13-6-4-5-12(9-13)10-19;1-24-6-7-26-16-21-14(19)13-15(22-16)23(17(20-13)25-2)10-12-5-3-4-11(8-12)9-18;1-24-5-6-25-16-21-13(19)12-14(22-16)23(15(17)20-12)9-11-4-2-3-10(7-11)8-18;1-23-5-6-24-16-20-14(18)13-15(21-16)22(10-19-13)9-12-4-2-3-11(7-12)8-17;9-5-7-2-1-3-8(4-7)6-10;1-14-2-3-15-8-12-6(9)5-7(13-8)11-4-10-5/h4-6,9H,3,7-8,11H2,1-2H3,(H2,20,21,22);3-5,8H,6-7,10H2,1-2H3,(H2,19,21,22);2-4,7H,5-6,9H2,1H3,(H2,19,21,22);2-4,7,10H,5-6,9H2,1H3,(H2,18,20,21);1-4H,5H2;4H,2-3H2,1H3,(H3,9,10,11,12,13). The second-order valence-electron chi connectivity index (χ2n) is 26.3. The van der Waals surface area contributed by atoms with Gasteiger partial charge in [-0.15, -0.1) is 0 Å². The highest BCUT2D eigenvalue weighted by Crippen LogP contribution is 2.30. The largest absolute Gasteiger partial charge is 0.468 e. The van der Waals surface area contributed by atoms with Gasteiger partial charge in [0, 0.05) is 47.4 Å². The van der Waals surface area contributed by atoms with E-state index in [9.17, 15) is 4.79 Å². The highest BCUT2D eigenvalue weighted by Gasteiger charge is 2.23. The molecule has 0 aliphatic rings. The lowest BCUT2D eigenvalue weighted by Gasteiger charge is -2.09. The minimum Gasteiger partial charge on any atom is -0.468 e. The van der Waals surface area contributed by atoms with Crippen molar-refractivity contribution < 1.29 is 52.1 Å². The Labute approximate surface area is 742 Å². The molecule has 11 N–H and O–H groups in total. The number of anilines is 5. The number of nitrogens with one attached hydrogen (secondary N) is 1. The summed E-state index contributed by atoms with van der Waals surface area (Å²) in [5.74, 6) is 1.20. The number of nitrogens with zero attached hydrogens (tertiary/aromatic N) is 24. The number of alkyl halides is 1. The zero-order valence-corrected chi connectivity index (χ0v) is 73.0. The van der Waals surface area contributed by atoms with Crippen LogP contribution in [0.2, 0.25) is 0 Å². The molecule has 15 rings (SSSR count). The molecule has 127 heavy (non-hydrogen) atoms. The third-order valence-electron chi connectivity index (χ3n) is 17.6. The van der Waals surface area contributed by atoms with Crippen molar-refractivity contribution >= 4 is 117 Å². The number of aromatic nitrogens is 20. The number of hydrogen-bond acceptors (Lipinski definition) is 36. The Morgan fingerprint density at radius 1 is 0.394 bits per heavy atom. The van der Waals surface area contributed by atoms with Crippen molar-refractivity contribution in [2.24, 2.45) is 0 Å². The number of aryl methyl sites for hydroxylation is 1. The normalized spacial score (nSPS) is 10.6. The molecule has 0 aliphatic carbocycles. The van der Waals surface area contributed by atoms with Gasteiger partial charge in [0.05, 0.1) is 137 Å². The summed E-state index contributed by atoms with van der Waals surface area (Å²) in [5, 5.41) is 45.5. The SMILES string of the molecule is CCn1c(=O)n(Cc2cccc(C#N)c2)c2nc(OCCOC)nc(N)c21.COCCOc1nc(N)c2[nH]cnc2n1.COCCOc1nc(N)c2nc(Br)n(Cc3cccc(C#N)c3)c2n1.COCCOc1nc(N)c2nc(OC)n(Cc3cccc(C#N)c3)c2n1.COCCOc1nc(N)c2ncn(Cc3cccc(C#N)c3)c2n1.N#Cc1cccc(CBr)c1. The van der Waals surface area contributed by atoms with Crippen LogP contribution < -0.4 is 62.8 Å². The maximum atomic E-state index is 12.9. The van der Waals surface area contributed by atoms with Gasteiger partial charge in [-0.25, -0.2) is 19.7 Å². The number of nitriles is 5. The van der Waals surface area contributed by atoms with Crippen LogP contribution in [0.15, 0.2) is 144 Å². The van der Waals surface area contributed by atoms with Gasteiger partial charge in [0.1, 0.15) is 44.1 Å². The number of nitrogens with two attached hydrogens (primary N) is 5. The molecular weight excluding hydrogens is 1770 g/mol. The first-order chi connectivity index (χ1) is 61.7. The van der Waals surface area contributed by atoms with Gasteiger partial charge in [-0.2, -0.15) is 81.1 Å². The maximum Gasteiger partial charge on any atom is 0.330 e. The predicted octanol–water partition coefficient (Wildman–Crippen LogP) is 8.39. The fourth-order valence-corrected chi connectivity index (χ4v) is 12.6. The fraction of sp³-hybridized carbons (Fsp3) is 0.277. The number of ether oxygens (including phenoxy) is 11. The van der Waals surface area contributed by atoms with Crippen LogP contribution >= 0.6 is 31.9 Å². The molecule has 44 heteroatoms. The summed E-state index contributed by atoms with van der Waals surface area (Å²) in [6.45, 7) is 7.65. The first-order valence-electron chi connectivity index (χ1n) is 38.3. The number of benzene rings is 5. The number of halogens is 2. The van der Waals surface area contributed by atoms with E-state index < -0.39 is 0 Å². The van der Waals surface area contributed by atoms with E-state index in [2.05, 4.69) is 137 Å². The van der Waals surface area contributed by atoms with Crippen molar-refractivity contribution in [2.45, 2.75) is 45.0 Å². The van der Waals surface area contributed by atoms with E-state index in [0.717, 1.165) is 38.7 Å². The van der Waals surface area contributed by atoms with Crippen molar-refractivity contribution in [3.63, 3.8) is 0 Å². The molecule has 0 bridgehead atoms. The van der Waals surface area contributed by atoms with Crippen LogP contribution in [0.4, 0.5) is 29.1 Å². The molecule has 0 atom stereocenters. The molecule has 0 amide bonds. The quantitative estimate of drug-likeness (QED) is 0.0135. The Balaban J connectivity index is 0.000000162. The average Bonchev–Trinajstić information content (AvgIpc) is 1.61. The highest BCUT2D eigenvalue weighted by atomic mass is 79.9. The summed E-state index contributed by atoms with van der Waals surface area (Å²) in [6.07, 6.45) is 3.16. The number of H-pyrrole nitrogens is 1. The molecule has 0 unspecified atom stereocenters. The van der Waals surface area contributed by atoms with Crippen molar-refractivity contribution in [3.8, 4) is 66.4 Å². The monoisotopic (exact) mass is 1850 g/mol. The third kappa shape index (κ3) is 25.4. The summed E-state index contributed by atoms with van der Waals surface area (Å²) in [5.41, 5.74) is 42.2. The Kier molecular flexibility index (Phi) is 35.0. The number of aromatic amines is 1. The second kappa shape index (κ2) is 47.3. The van der Waals surface area contributed by atoms with Crippen molar-refractivity contribution in [1.29, 1.82) is 26.3 Å². The number of nitrogen functional groups attached to an aromatic ring is 5. The van der Waals surface area contributed by atoms with Gasteiger partial charge in [0.2, 0.25) is 0 Å².